The number of carbonyl (C=O) groups is 1. The van der Waals surface area contributed by atoms with Crippen molar-refractivity contribution in [1.82, 2.24) is 5.32 Å². The summed E-state index contributed by atoms with van der Waals surface area (Å²) < 4.78 is 33.5. The standard InChI is InChI=1S/C19H28N3O8P/c1-21-19(23)8-5-4-6-10-29-18-13-16(22(24)25)15(12-17(18)27-2)14-30-31(26,28-3)11-7-9-20/h12-13H,4-8,10-11,14H2,1-3H3,(H,21,23). The van der Waals surface area contributed by atoms with E-state index in [-0.39, 0.29) is 47.8 Å². The number of benzene rings is 1. The van der Waals surface area contributed by atoms with Crippen LogP contribution >= 0.6 is 7.60 Å². The molecule has 1 aromatic rings. The molecular weight excluding hydrogens is 429 g/mol. The molecule has 1 aromatic carbocycles. The zero-order valence-corrected chi connectivity index (χ0v) is 18.8. The minimum atomic E-state index is -3.55. The van der Waals surface area contributed by atoms with Gasteiger partial charge in [0, 0.05) is 27.0 Å². The number of unbranched alkanes of at least 4 members (excludes halogenated alkanes) is 2. The Bertz CT molecular complexity index is 840. The van der Waals surface area contributed by atoms with E-state index in [4.69, 9.17) is 23.8 Å². The molecule has 0 aromatic heterocycles. The number of rotatable bonds is 15. The van der Waals surface area contributed by atoms with Gasteiger partial charge in [-0.3, -0.25) is 19.5 Å². The molecule has 0 spiro atoms. The van der Waals surface area contributed by atoms with Gasteiger partial charge in [-0.1, -0.05) is 0 Å². The second-order valence-corrected chi connectivity index (χ2v) is 8.71. The van der Waals surface area contributed by atoms with Gasteiger partial charge in [-0.15, -0.1) is 0 Å². The van der Waals surface area contributed by atoms with Gasteiger partial charge in [-0.2, -0.15) is 5.26 Å². The Labute approximate surface area is 181 Å². The van der Waals surface area contributed by atoms with Crippen LogP contribution in [0, 0.1) is 21.4 Å². The van der Waals surface area contributed by atoms with E-state index in [1.807, 2.05) is 6.07 Å². The SMILES string of the molecule is CNC(=O)CCCCCOc1cc([N+](=O)[O-])c(COP(=O)(CCC#N)OC)cc1OC. The molecule has 0 bridgehead atoms. The topological polar surface area (TPSA) is 150 Å². The van der Waals surface area contributed by atoms with Crippen molar-refractivity contribution in [3.8, 4) is 17.6 Å². The molecule has 0 fully saturated rings. The van der Waals surface area contributed by atoms with Crippen molar-refractivity contribution in [3.05, 3.63) is 27.8 Å². The smallest absolute Gasteiger partial charge is 0.331 e. The van der Waals surface area contributed by atoms with E-state index < -0.39 is 12.5 Å². The van der Waals surface area contributed by atoms with Gasteiger partial charge in [-0.05, 0) is 25.3 Å². The number of hydrogen-bond donors (Lipinski definition) is 1. The highest BCUT2D eigenvalue weighted by atomic mass is 31.2. The zero-order chi connectivity index (χ0) is 23.3. The predicted octanol–water partition coefficient (Wildman–Crippen LogP) is 3.56. The van der Waals surface area contributed by atoms with E-state index in [1.165, 1.54) is 26.4 Å². The van der Waals surface area contributed by atoms with E-state index in [9.17, 15) is 19.5 Å². The number of hydrogen-bond acceptors (Lipinski definition) is 9. The molecule has 11 nitrogen and oxygen atoms in total. The van der Waals surface area contributed by atoms with Gasteiger partial charge < -0.3 is 23.8 Å². The summed E-state index contributed by atoms with van der Waals surface area (Å²) >= 11 is 0. The Kier molecular flexibility index (Phi) is 11.6. The number of ether oxygens (including phenoxy) is 2. The van der Waals surface area contributed by atoms with Crippen LogP contribution in [0.1, 0.15) is 37.7 Å². The van der Waals surface area contributed by atoms with Crippen LogP contribution in [0.5, 0.6) is 11.5 Å². The Hall–Kier alpha value is -2.67. The van der Waals surface area contributed by atoms with Crippen molar-refractivity contribution in [2.24, 2.45) is 0 Å². The zero-order valence-electron chi connectivity index (χ0n) is 17.9. The minimum absolute atomic E-state index is 0.0262. The highest BCUT2D eigenvalue weighted by molar-refractivity contribution is 7.53. The summed E-state index contributed by atoms with van der Waals surface area (Å²) in [4.78, 5) is 22.1. The van der Waals surface area contributed by atoms with Gasteiger partial charge in [0.05, 0.1) is 49.1 Å². The first kappa shape index (κ1) is 26.4. The third kappa shape index (κ3) is 8.92. The summed E-state index contributed by atoms with van der Waals surface area (Å²) in [6, 6.07) is 4.48. The molecule has 1 N–H and O–H groups in total. The molecule has 0 radical (unpaired) electrons. The molecular formula is C19H28N3O8P. The van der Waals surface area contributed by atoms with Crippen molar-refractivity contribution in [1.29, 1.82) is 5.26 Å². The van der Waals surface area contributed by atoms with Crippen molar-refractivity contribution >= 4 is 19.2 Å². The van der Waals surface area contributed by atoms with Crippen molar-refractivity contribution in [2.75, 3.05) is 34.0 Å². The van der Waals surface area contributed by atoms with Crippen LogP contribution in [-0.4, -0.2) is 44.9 Å². The molecule has 0 aliphatic heterocycles. The maximum atomic E-state index is 12.5. The number of nitro benzene ring substituents is 1. The van der Waals surface area contributed by atoms with Crippen molar-refractivity contribution < 1.29 is 32.8 Å². The predicted molar refractivity (Wildman–Crippen MR) is 112 cm³/mol. The molecule has 1 amide bonds. The molecule has 0 aliphatic rings. The molecule has 0 saturated heterocycles. The molecule has 0 heterocycles. The summed E-state index contributed by atoms with van der Waals surface area (Å²) in [6.07, 6.45) is 2.41. The second kappa shape index (κ2) is 13.6. The monoisotopic (exact) mass is 457 g/mol. The lowest BCUT2D eigenvalue weighted by Gasteiger charge is -2.16. The van der Waals surface area contributed by atoms with Crippen molar-refractivity contribution in [3.63, 3.8) is 0 Å². The van der Waals surface area contributed by atoms with E-state index >= 15 is 0 Å². The molecule has 0 saturated carbocycles. The van der Waals surface area contributed by atoms with Gasteiger partial charge in [0.25, 0.3) is 5.69 Å². The number of methoxy groups -OCH3 is 1. The molecule has 172 valence electrons. The Morgan fingerprint density at radius 3 is 2.58 bits per heavy atom. The summed E-state index contributed by atoms with van der Waals surface area (Å²) in [6.45, 7) is -0.0624. The van der Waals surface area contributed by atoms with Gasteiger partial charge in [0.1, 0.15) is 0 Å². The van der Waals surface area contributed by atoms with Crippen LogP contribution in [0.2, 0.25) is 0 Å². The largest absolute Gasteiger partial charge is 0.493 e. The number of nitro groups is 1. The Morgan fingerprint density at radius 2 is 2.00 bits per heavy atom. The average molecular weight is 457 g/mol. The second-order valence-electron chi connectivity index (χ2n) is 6.42. The lowest BCUT2D eigenvalue weighted by Crippen LogP contribution is -2.16. The van der Waals surface area contributed by atoms with Gasteiger partial charge in [0.2, 0.25) is 5.91 Å². The number of nitrogens with one attached hydrogen (secondary N) is 1. The minimum Gasteiger partial charge on any atom is -0.493 e. The fourth-order valence-corrected chi connectivity index (χ4v) is 3.71. The quantitative estimate of drug-likeness (QED) is 0.180. The molecule has 1 atom stereocenters. The van der Waals surface area contributed by atoms with Crippen LogP contribution in [0.4, 0.5) is 5.69 Å². The highest BCUT2D eigenvalue weighted by Crippen LogP contribution is 2.49. The highest BCUT2D eigenvalue weighted by Gasteiger charge is 2.26. The normalized spacial score (nSPS) is 12.5. The van der Waals surface area contributed by atoms with Crippen LogP contribution in [0.25, 0.3) is 0 Å². The summed E-state index contributed by atoms with van der Waals surface area (Å²) in [5, 5.41) is 22.7. The third-order valence-corrected chi connectivity index (χ3v) is 6.19. The molecule has 1 rings (SSSR count). The summed E-state index contributed by atoms with van der Waals surface area (Å²) in [7, 11) is 0.623. The van der Waals surface area contributed by atoms with Crippen molar-refractivity contribution in [2.45, 2.75) is 38.7 Å². The lowest BCUT2D eigenvalue weighted by atomic mass is 10.1. The van der Waals surface area contributed by atoms with Gasteiger partial charge in [-0.25, -0.2) is 0 Å². The average Bonchev–Trinajstić information content (AvgIpc) is 2.78. The summed E-state index contributed by atoms with van der Waals surface area (Å²) in [5.74, 6) is 0.434. The maximum Gasteiger partial charge on any atom is 0.331 e. The van der Waals surface area contributed by atoms with Crippen LogP contribution in [0.3, 0.4) is 0 Å². The van der Waals surface area contributed by atoms with E-state index in [0.29, 0.717) is 25.9 Å². The molecule has 31 heavy (non-hydrogen) atoms. The fourth-order valence-electron chi connectivity index (χ4n) is 2.58. The first-order valence-corrected chi connectivity index (χ1v) is 11.4. The van der Waals surface area contributed by atoms with E-state index in [0.717, 1.165) is 6.42 Å². The molecule has 1 unspecified atom stereocenters. The number of nitriles is 1. The molecule has 12 heteroatoms. The van der Waals surface area contributed by atoms with Gasteiger partial charge in [0.15, 0.2) is 11.5 Å². The Morgan fingerprint density at radius 1 is 1.26 bits per heavy atom. The van der Waals surface area contributed by atoms with Crippen LogP contribution < -0.4 is 14.8 Å². The number of amides is 1. The first-order chi connectivity index (χ1) is 14.8. The fraction of sp³-hybridized carbons (Fsp3) is 0.579. The lowest BCUT2D eigenvalue weighted by molar-refractivity contribution is -0.385. The number of nitrogens with zero attached hydrogens (tertiary/aromatic N) is 2. The summed E-state index contributed by atoms with van der Waals surface area (Å²) in [5.41, 5.74) is -0.146. The maximum absolute atomic E-state index is 12.5. The van der Waals surface area contributed by atoms with Crippen LogP contribution in [-0.2, 0) is 25.0 Å². The van der Waals surface area contributed by atoms with E-state index in [2.05, 4.69) is 5.32 Å². The molecule has 0 aliphatic carbocycles. The Balaban J connectivity index is 2.84. The third-order valence-electron chi connectivity index (χ3n) is 4.34. The van der Waals surface area contributed by atoms with Crippen LogP contribution in [0.15, 0.2) is 12.1 Å². The van der Waals surface area contributed by atoms with E-state index in [1.54, 1.807) is 7.05 Å². The number of carbonyl (C=O) groups excluding carboxylic acids is 1. The first-order valence-electron chi connectivity index (χ1n) is 9.65. The van der Waals surface area contributed by atoms with Gasteiger partial charge >= 0.3 is 7.60 Å².